The zero-order valence-corrected chi connectivity index (χ0v) is 14.7. The van der Waals surface area contributed by atoms with E-state index in [2.05, 4.69) is 34.4 Å². The van der Waals surface area contributed by atoms with Crippen LogP contribution in [0.1, 0.15) is 36.5 Å². The second-order valence-corrected chi connectivity index (χ2v) is 6.40. The first kappa shape index (κ1) is 17.6. The van der Waals surface area contributed by atoms with Crippen LogP contribution in [0.25, 0.3) is 0 Å². The second kappa shape index (κ2) is 9.43. The maximum Gasteiger partial charge on any atom is 0.220 e. The van der Waals surface area contributed by atoms with Gasteiger partial charge in [0.05, 0.1) is 12.2 Å². The number of carbonyl (C=O) groups is 1. The van der Waals surface area contributed by atoms with Crippen LogP contribution in [-0.4, -0.2) is 28.9 Å². The van der Waals surface area contributed by atoms with Crippen LogP contribution >= 0.6 is 11.3 Å². The molecule has 1 aromatic carbocycles. The molecule has 0 atom stereocenters. The van der Waals surface area contributed by atoms with E-state index in [0.717, 1.165) is 36.8 Å². The smallest absolute Gasteiger partial charge is 0.220 e. The summed E-state index contributed by atoms with van der Waals surface area (Å²) in [6, 6.07) is 10.1. The molecule has 0 bridgehead atoms. The van der Waals surface area contributed by atoms with Gasteiger partial charge in [-0.25, -0.2) is 4.98 Å². The molecule has 1 amide bonds. The van der Waals surface area contributed by atoms with Gasteiger partial charge in [-0.3, -0.25) is 9.69 Å². The minimum atomic E-state index is 0.0781. The molecule has 1 N–H and O–H groups in total. The lowest BCUT2D eigenvalue weighted by Crippen LogP contribution is -2.23. The van der Waals surface area contributed by atoms with Crippen LogP contribution in [-0.2, 0) is 24.3 Å². The Balaban J connectivity index is 1.73. The summed E-state index contributed by atoms with van der Waals surface area (Å²) in [6.45, 7) is 7.77. The van der Waals surface area contributed by atoms with Crippen LogP contribution in [0.5, 0.6) is 0 Å². The average molecular weight is 331 g/mol. The Bertz CT molecular complexity index is 593. The van der Waals surface area contributed by atoms with Crippen molar-refractivity contribution in [2.45, 2.75) is 39.8 Å². The first-order valence-electron chi connectivity index (χ1n) is 8.17. The quantitative estimate of drug-likeness (QED) is 0.767. The number of carbonyl (C=O) groups excluding carboxylic acids is 1. The van der Waals surface area contributed by atoms with Gasteiger partial charge in [0.25, 0.3) is 0 Å². The molecule has 2 rings (SSSR count). The summed E-state index contributed by atoms with van der Waals surface area (Å²) in [5.74, 6) is 0.0781. The number of rotatable bonds is 9. The number of aromatic nitrogens is 1. The topological polar surface area (TPSA) is 45.2 Å². The van der Waals surface area contributed by atoms with Crippen molar-refractivity contribution in [2.24, 2.45) is 0 Å². The van der Waals surface area contributed by atoms with E-state index in [4.69, 9.17) is 0 Å². The third-order valence-corrected chi connectivity index (χ3v) is 4.70. The summed E-state index contributed by atoms with van der Waals surface area (Å²) in [4.78, 5) is 18.9. The number of hydrogen-bond donors (Lipinski definition) is 1. The fraction of sp³-hybridized carbons (Fsp3) is 0.444. The van der Waals surface area contributed by atoms with Gasteiger partial charge in [-0.15, -0.1) is 11.3 Å². The first-order valence-corrected chi connectivity index (χ1v) is 9.05. The lowest BCUT2D eigenvalue weighted by Gasteiger charge is -2.15. The zero-order valence-electron chi connectivity index (χ0n) is 13.9. The third kappa shape index (κ3) is 6.12. The molecule has 0 saturated heterocycles. The Morgan fingerprint density at radius 1 is 1.22 bits per heavy atom. The van der Waals surface area contributed by atoms with Crippen molar-refractivity contribution in [3.05, 3.63) is 52.0 Å². The molecule has 0 aliphatic carbocycles. The van der Waals surface area contributed by atoms with Crippen molar-refractivity contribution in [1.29, 1.82) is 0 Å². The number of nitrogens with one attached hydrogen (secondary N) is 1. The normalized spacial score (nSPS) is 10.9. The summed E-state index contributed by atoms with van der Waals surface area (Å²) in [5.41, 5.74) is 2.28. The van der Waals surface area contributed by atoms with E-state index in [1.165, 1.54) is 5.56 Å². The van der Waals surface area contributed by atoms with Crippen molar-refractivity contribution in [3.8, 4) is 0 Å². The summed E-state index contributed by atoms with van der Waals surface area (Å²) < 4.78 is 0. The van der Waals surface area contributed by atoms with Crippen LogP contribution in [0.15, 0.2) is 35.7 Å². The number of amides is 1. The van der Waals surface area contributed by atoms with Gasteiger partial charge in [0.1, 0.15) is 5.01 Å². The fourth-order valence-electron chi connectivity index (χ4n) is 2.34. The molecule has 2 aromatic rings. The van der Waals surface area contributed by atoms with Gasteiger partial charge in [0.15, 0.2) is 0 Å². The average Bonchev–Trinajstić information content (AvgIpc) is 3.04. The van der Waals surface area contributed by atoms with Gasteiger partial charge in [-0.2, -0.15) is 0 Å². The zero-order chi connectivity index (χ0) is 16.5. The number of thiazole rings is 1. The van der Waals surface area contributed by atoms with E-state index in [9.17, 15) is 4.79 Å². The molecule has 0 unspecified atom stereocenters. The lowest BCUT2D eigenvalue weighted by molar-refractivity contribution is -0.121. The summed E-state index contributed by atoms with van der Waals surface area (Å²) in [6.07, 6.45) is 1.29. The Labute approximate surface area is 142 Å². The van der Waals surface area contributed by atoms with E-state index in [-0.39, 0.29) is 5.91 Å². The van der Waals surface area contributed by atoms with Crippen LogP contribution in [0.4, 0.5) is 0 Å². The molecule has 0 aliphatic rings. The van der Waals surface area contributed by atoms with Gasteiger partial charge < -0.3 is 5.32 Å². The Hall–Kier alpha value is -1.72. The highest BCUT2D eigenvalue weighted by Crippen LogP contribution is 2.12. The van der Waals surface area contributed by atoms with Crippen molar-refractivity contribution < 1.29 is 4.79 Å². The fourth-order valence-corrected chi connectivity index (χ4v) is 3.07. The van der Waals surface area contributed by atoms with E-state index in [1.54, 1.807) is 11.3 Å². The second-order valence-electron chi connectivity index (χ2n) is 5.46. The summed E-state index contributed by atoms with van der Waals surface area (Å²) >= 11 is 1.62. The lowest BCUT2D eigenvalue weighted by atomic mass is 10.1. The molecule has 1 heterocycles. The predicted molar refractivity (Wildman–Crippen MR) is 95.3 cm³/mol. The SMILES string of the molecule is CCN(CC)Cc1csc(CNC(=O)CCc2ccccc2)n1. The number of benzene rings is 1. The predicted octanol–water partition coefficient (Wildman–Crippen LogP) is 3.23. The molecular formula is C18H25N3OS. The monoisotopic (exact) mass is 331 g/mol. The van der Waals surface area contributed by atoms with Gasteiger partial charge >= 0.3 is 0 Å². The molecule has 0 aliphatic heterocycles. The Morgan fingerprint density at radius 3 is 2.65 bits per heavy atom. The Kier molecular flexibility index (Phi) is 7.23. The molecule has 1 aromatic heterocycles. The molecule has 0 spiro atoms. The molecule has 0 fully saturated rings. The third-order valence-electron chi connectivity index (χ3n) is 3.80. The van der Waals surface area contributed by atoms with E-state index in [1.807, 2.05) is 30.3 Å². The number of hydrogen-bond acceptors (Lipinski definition) is 4. The molecule has 0 radical (unpaired) electrons. The van der Waals surface area contributed by atoms with E-state index in [0.29, 0.717) is 13.0 Å². The minimum absolute atomic E-state index is 0.0781. The van der Waals surface area contributed by atoms with Crippen molar-refractivity contribution in [2.75, 3.05) is 13.1 Å². The summed E-state index contributed by atoms with van der Waals surface area (Å²) in [5, 5.41) is 6.02. The van der Waals surface area contributed by atoms with Crippen molar-refractivity contribution in [3.63, 3.8) is 0 Å². The molecule has 5 heteroatoms. The van der Waals surface area contributed by atoms with Gasteiger partial charge in [-0.05, 0) is 25.1 Å². The van der Waals surface area contributed by atoms with Crippen LogP contribution in [0, 0.1) is 0 Å². The molecule has 0 saturated carbocycles. The van der Waals surface area contributed by atoms with E-state index < -0.39 is 0 Å². The van der Waals surface area contributed by atoms with E-state index >= 15 is 0 Å². The van der Waals surface area contributed by atoms with Crippen LogP contribution in [0.3, 0.4) is 0 Å². The van der Waals surface area contributed by atoms with Gasteiger partial charge in [-0.1, -0.05) is 44.2 Å². The number of nitrogens with zero attached hydrogens (tertiary/aromatic N) is 2. The highest BCUT2D eigenvalue weighted by atomic mass is 32.1. The van der Waals surface area contributed by atoms with Crippen molar-refractivity contribution >= 4 is 17.2 Å². The van der Waals surface area contributed by atoms with Gasteiger partial charge in [0.2, 0.25) is 5.91 Å². The maximum absolute atomic E-state index is 11.9. The largest absolute Gasteiger partial charge is 0.350 e. The minimum Gasteiger partial charge on any atom is -0.350 e. The molecule has 23 heavy (non-hydrogen) atoms. The summed E-state index contributed by atoms with van der Waals surface area (Å²) in [7, 11) is 0. The van der Waals surface area contributed by atoms with Gasteiger partial charge in [0, 0.05) is 18.3 Å². The maximum atomic E-state index is 11.9. The number of aryl methyl sites for hydroxylation is 1. The Morgan fingerprint density at radius 2 is 1.96 bits per heavy atom. The highest BCUT2D eigenvalue weighted by molar-refractivity contribution is 7.09. The molecular weight excluding hydrogens is 306 g/mol. The highest BCUT2D eigenvalue weighted by Gasteiger charge is 2.07. The van der Waals surface area contributed by atoms with Crippen LogP contribution in [0.2, 0.25) is 0 Å². The first-order chi connectivity index (χ1) is 11.2. The standard InChI is InChI=1S/C18H25N3OS/c1-3-21(4-2)13-16-14-23-18(20-16)12-19-17(22)11-10-15-8-6-5-7-9-15/h5-9,14H,3-4,10-13H2,1-2H3,(H,19,22). The molecule has 124 valence electrons. The molecule has 4 nitrogen and oxygen atoms in total. The van der Waals surface area contributed by atoms with Crippen molar-refractivity contribution in [1.82, 2.24) is 15.2 Å². The van der Waals surface area contributed by atoms with Crippen LogP contribution < -0.4 is 5.32 Å².